The maximum Gasteiger partial charge on any atom is 0.123 e. The molecule has 0 radical (unpaired) electrons. The van der Waals surface area contributed by atoms with Crippen molar-refractivity contribution in [1.82, 2.24) is 4.90 Å². The second-order valence-corrected chi connectivity index (χ2v) is 7.70. The molecule has 2 saturated heterocycles. The highest BCUT2D eigenvalue weighted by Crippen LogP contribution is 2.42. The topological polar surface area (TPSA) is 32.7 Å². The summed E-state index contributed by atoms with van der Waals surface area (Å²) in [5.41, 5.74) is 1.65. The molecule has 0 saturated carbocycles. The van der Waals surface area contributed by atoms with Gasteiger partial charge in [0.05, 0.1) is 6.10 Å². The molecule has 5 heteroatoms. The van der Waals surface area contributed by atoms with Crippen LogP contribution in [0.1, 0.15) is 36.5 Å². The number of halogens is 2. The van der Waals surface area contributed by atoms with E-state index in [1.165, 1.54) is 24.3 Å². The van der Waals surface area contributed by atoms with Gasteiger partial charge in [0, 0.05) is 24.6 Å². The second-order valence-electron chi connectivity index (χ2n) is 7.70. The van der Waals surface area contributed by atoms with E-state index in [0.717, 1.165) is 30.4 Å². The fourth-order valence-corrected chi connectivity index (χ4v) is 4.73. The molecule has 2 aromatic rings. The van der Waals surface area contributed by atoms with Gasteiger partial charge in [-0.15, -0.1) is 0 Å². The number of aliphatic hydroxyl groups excluding tert-OH is 1. The van der Waals surface area contributed by atoms with Gasteiger partial charge in [0.2, 0.25) is 0 Å². The Hall–Kier alpha value is -1.82. The Kier molecular flexibility index (Phi) is 5.26. The van der Waals surface area contributed by atoms with Gasteiger partial charge < -0.3 is 9.84 Å². The first-order valence-electron chi connectivity index (χ1n) is 9.56. The minimum Gasteiger partial charge on any atom is -0.396 e. The van der Waals surface area contributed by atoms with Gasteiger partial charge in [-0.2, -0.15) is 0 Å². The summed E-state index contributed by atoms with van der Waals surface area (Å²) in [5.74, 6) is -0.568. The van der Waals surface area contributed by atoms with Crippen LogP contribution in [0.25, 0.3) is 0 Å². The number of piperidine rings is 1. The highest BCUT2D eigenvalue weighted by atomic mass is 19.1. The third kappa shape index (κ3) is 3.64. The Labute approximate surface area is 158 Å². The van der Waals surface area contributed by atoms with Gasteiger partial charge in [0.15, 0.2) is 0 Å². The molecule has 4 rings (SSSR count). The van der Waals surface area contributed by atoms with Crippen LogP contribution in [-0.4, -0.2) is 41.8 Å². The molecule has 0 amide bonds. The molecule has 0 spiro atoms. The molecule has 1 N–H and O–H groups in total. The van der Waals surface area contributed by atoms with Crippen LogP contribution in [0.4, 0.5) is 8.78 Å². The molecule has 2 heterocycles. The summed E-state index contributed by atoms with van der Waals surface area (Å²) in [6, 6.07) is 13.3. The first-order chi connectivity index (χ1) is 13.1. The molecule has 27 heavy (non-hydrogen) atoms. The van der Waals surface area contributed by atoms with Crippen molar-refractivity contribution in [1.29, 1.82) is 0 Å². The predicted molar refractivity (Wildman–Crippen MR) is 99.3 cm³/mol. The fraction of sp³-hybridized carbons (Fsp3) is 0.455. The zero-order valence-corrected chi connectivity index (χ0v) is 15.4. The lowest BCUT2D eigenvalue weighted by molar-refractivity contribution is -0.0942. The molecular weight excluding hydrogens is 348 g/mol. The third-order valence-corrected chi connectivity index (χ3v) is 6.24. The van der Waals surface area contributed by atoms with Crippen molar-refractivity contribution in [3.63, 3.8) is 0 Å². The van der Waals surface area contributed by atoms with E-state index in [0.29, 0.717) is 12.1 Å². The van der Waals surface area contributed by atoms with Crippen LogP contribution in [0.2, 0.25) is 0 Å². The number of rotatable bonds is 5. The van der Waals surface area contributed by atoms with E-state index in [-0.39, 0.29) is 30.3 Å². The third-order valence-electron chi connectivity index (χ3n) is 6.24. The van der Waals surface area contributed by atoms with Gasteiger partial charge >= 0.3 is 0 Å². The van der Waals surface area contributed by atoms with E-state index in [1.54, 1.807) is 24.3 Å². The average Bonchev–Trinajstić information content (AvgIpc) is 2.92. The molecule has 4 atom stereocenters. The number of nitrogens with zero attached hydrogens (tertiary/aromatic N) is 1. The maximum absolute atomic E-state index is 13.4. The molecule has 2 aromatic carbocycles. The minimum absolute atomic E-state index is 0.0390. The Morgan fingerprint density at radius 2 is 1.56 bits per heavy atom. The second kappa shape index (κ2) is 7.66. The smallest absolute Gasteiger partial charge is 0.123 e. The van der Waals surface area contributed by atoms with E-state index in [1.807, 2.05) is 0 Å². The molecule has 0 aromatic heterocycles. The van der Waals surface area contributed by atoms with E-state index < -0.39 is 6.10 Å². The lowest BCUT2D eigenvalue weighted by atomic mass is 9.87. The Bertz CT molecular complexity index is 719. The summed E-state index contributed by atoms with van der Waals surface area (Å²) in [6.45, 7) is 0.0753. The van der Waals surface area contributed by atoms with Gasteiger partial charge in [-0.05, 0) is 61.7 Å². The Morgan fingerprint density at radius 3 is 2.07 bits per heavy atom. The molecule has 144 valence electrons. The minimum atomic E-state index is -0.423. The number of benzene rings is 2. The van der Waals surface area contributed by atoms with Crippen LogP contribution in [0.15, 0.2) is 48.5 Å². The number of fused-ring (bicyclic) bond motifs is 2. The zero-order valence-electron chi connectivity index (χ0n) is 15.4. The molecule has 2 aliphatic heterocycles. The highest BCUT2D eigenvalue weighted by Gasteiger charge is 2.46. The lowest BCUT2D eigenvalue weighted by Gasteiger charge is -2.43. The van der Waals surface area contributed by atoms with Crippen LogP contribution < -0.4 is 0 Å². The molecule has 3 nitrogen and oxygen atoms in total. The standard InChI is InChI=1S/C22H25F2NO2/c1-25-18-10-11-20(25)19(13-26)21(12-18)27-22(14-2-6-16(23)7-3-14)15-4-8-17(24)9-5-15/h2-9,18-22,26H,10-13H2,1H3/t18?,19-,20+,21-/m1/s1. The number of hydrogen-bond donors (Lipinski definition) is 1. The Balaban J connectivity index is 1.64. The normalized spacial score (nSPS) is 28.0. The van der Waals surface area contributed by atoms with E-state index in [9.17, 15) is 13.9 Å². The van der Waals surface area contributed by atoms with Crippen LogP contribution in [-0.2, 0) is 4.74 Å². The molecule has 2 fully saturated rings. The van der Waals surface area contributed by atoms with Crippen LogP contribution in [0.3, 0.4) is 0 Å². The fourth-order valence-electron chi connectivity index (χ4n) is 4.73. The van der Waals surface area contributed by atoms with E-state index in [2.05, 4.69) is 11.9 Å². The molecule has 0 aliphatic carbocycles. The van der Waals surface area contributed by atoms with Gasteiger partial charge in [-0.1, -0.05) is 24.3 Å². The maximum atomic E-state index is 13.4. The van der Waals surface area contributed by atoms with Crippen LogP contribution in [0, 0.1) is 17.6 Å². The van der Waals surface area contributed by atoms with Crippen LogP contribution >= 0.6 is 0 Å². The van der Waals surface area contributed by atoms with Gasteiger partial charge in [-0.25, -0.2) is 8.78 Å². The van der Waals surface area contributed by atoms with Gasteiger partial charge in [-0.3, -0.25) is 4.90 Å². The predicted octanol–water partition coefficient (Wildman–Crippen LogP) is 3.91. The monoisotopic (exact) mass is 373 g/mol. The first kappa shape index (κ1) is 18.5. The van der Waals surface area contributed by atoms with Crippen molar-refractivity contribution in [3.8, 4) is 0 Å². The number of ether oxygens (including phenoxy) is 1. The van der Waals surface area contributed by atoms with E-state index in [4.69, 9.17) is 4.74 Å². The van der Waals surface area contributed by atoms with Crippen molar-refractivity contribution in [2.24, 2.45) is 5.92 Å². The quantitative estimate of drug-likeness (QED) is 0.862. The zero-order chi connectivity index (χ0) is 19.0. The van der Waals surface area contributed by atoms with Crippen LogP contribution in [0.5, 0.6) is 0 Å². The van der Waals surface area contributed by atoms with Crippen molar-refractivity contribution in [2.75, 3.05) is 13.7 Å². The summed E-state index contributed by atoms with van der Waals surface area (Å²) in [5, 5.41) is 10.0. The average molecular weight is 373 g/mol. The van der Waals surface area contributed by atoms with E-state index >= 15 is 0 Å². The van der Waals surface area contributed by atoms with Crippen molar-refractivity contribution in [2.45, 2.75) is 43.6 Å². The highest BCUT2D eigenvalue weighted by molar-refractivity contribution is 5.30. The SMILES string of the molecule is CN1C2CC[C@H]1[C@@H](CO)[C@H](OC(c1ccc(F)cc1)c1ccc(F)cc1)C2. The molecule has 1 unspecified atom stereocenters. The Morgan fingerprint density at radius 1 is 1.00 bits per heavy atom. The van der Waals surface area contributed by atoms with Crippen molar-refractivity contribution >= 4 is 0 Å². The number of aliphatic hydroxyl groups is 1. The van der Waals surface area contributed by atoms with Crippen molar-refractivity contribution in [3.05, 3.63) is 71.3 Å². The molecule has 2 aliphatic rings. The lowest BCUT2D eigenvalue weighted by Crippen LogP contribution is -2.51. The summed E-state index contributed by atoms with van der Waals surface area (Å²) >= 11 is 0. The summed E-state index contributed by atoms with van der Waals surface area (Å²) in [6.07, 6.45) is 2.54. The van der Waals surface area contributed by atoms with Crippen molar-refractivity contribution < 1.29 is 18.6 Å². The molecule has 2 bridgehead atoms. The summed E-state index contributed by atoms with van der Waals surface area (Å²) in [4.78, 5) is 2.37. The number of hydrogen-bond acceptors (Lipinski definition) is 3. The first-order valence-corrected chi connectivity index (χ1v) is 9.56. The summed E-state index contributed by atoms with van der Waals surface area (Å²) in [7, 11) is 2.12. The van der Waals surface area contributed by atoms with Gasteiger partial charge in [0.1, 0.15) is 17.7 Å². The van der Waals surface area contributed by atoms with Gasteiger partial charge in [0.25, 0.3) is 0 Å². The molecular formula is C22H25F2NO2. The largest absolute Gasteiger partial charge is 0.396 e. The summed E-state index contributed by atoms with van der Waals surface area (Å²) < 4.78 is 33.4.